The number of hydrogen-bond acceptors (Lipinski definition) is 5. The van der Waals surface area contributed by atoms with Crippen LogP contribution < -0.4 is 5.32 Å². The van der Waals surface area contributed by atoms with Crippen LogP contribution in [0.4, 0.5) is 0 Å². The van der Waals surface area contributed by atoms with Gasteiger partial charge in [0.1, 0.15) is 6.33 Å². The lowest BCUT2D eigenvalue weighted by Gasteiger charge is -2.32. The van der Waals surface area contributed by atoms with Gasteiger partial charge in [0.15, 0.2) is 0 Å². The number of benzene rings is 1. The van der Waals surface area contributed by atoms with E-state index in [0.29, 0.717) is 5.56 Å². The van der Waals surface area contributed by atoms with Gasteiger partial charge >= 0.3 is 0 Å². The average Bonchev–Trinajstić information content (AvgIpc) is 3.09. The Balaban J connectivity index is 1.59. The van der Waals surface area contributed by atoms with Crippen molar-refractivity contribution in [3.63, 3.8) is 0 Å². The minimum absolute atomic E-state index is 0.0671. The molecule has 0 radical (unpaired) electrons. The molecule has 0 aliphatic carbocycles. The van der Waals surface area contributed by atoms with Crippen molar-refractivity contribution in [3.8, 4) is 5.69 Å². The molecule has 0 saturated carbocycles. The monoisotopic (exact) mass is 328 g/mol. The number of rotatable bonds is 5. The number of nitrogens with zero attached hydrogens (tertiary/aromatic N) is 5. The first-order valence-electron chi connectivity index (χ1n) is 8.48. The maximum atomic E-state index is 12.5. The van der Waals surface area contributed by atoms with Gasteiger partial charge in [-0.2, -0.15) is 0 Å². The number of piperidine rings is 1. The first-order chi connectivity index (χ1) is 11.6. The Hall–Kier alpha value is -2.28. The first kappa shape index (κ1) is 16.6. The van der Waals surface area contributed by atoms with Crippen LogP contribution in [0.25, 0.3) is 5.69 Å². The molecule has 0 bridgehead atoms. The molecule has 128 valence electrons. The highest BCUT2D eigenvalue weighted by Gasteiger charge is 2.19. The summed E-state index contributed by atoms with van der Waals surface area (Å²) in [7, 11) is 0. The highest BCUT2D eigenvalue weighted by atomic mass is 16.1. The molecule has 1 aliphatic rings. The zero-order valence-corrected chi connectivity index (χ0v) is 14.2. The van der Waals surface area contributed by atoms with Crippen LogP contribution in [0, 0.1) is 5.92 Å². The van der Waals surface area contributed by atoms with Crippen molar-refractivity contribution in [1.29, 1.82) is 0 Å². The van der Waals surface area contributed by atoms with Crippen molar-refractivity contribution in [2.24, 2.45) is 5.92 Å². The number of amides is 1. The van der Waals surface area contributed by atoms with Gasteiger partial charge in [0, 0.05) is 24.7 Å². The maximum Gasteiger partial charge on any atom is 0.251 e. The van der Waals surface area contributed by atoms with Gasteiger partial charge < -0.3 is 10.2 Å². The SMILES string of the molecule is C[C@H]1CCCN(C[C@H](C)NC(=O)c2cccc(-n3cnnn3)c2)C1. The predicted octanol–water partition coefficient (Wildman–Crippen LogP) is 1.51. The first-order valence-corrected chi connectivity index (χ1v) is 8.48. The van der Waals surface area contributed by atoms with E-state index in [4.69, 9.17) is 0 Å². The molecule has 1 aliphatic heterocycles. The third-order valence-corrected chi connectivity index (χ3v) is 4.37. The minimum atomic E-state index is -0.0671. The molecular formula is C17H24N6O. The molecule has 2 aromatic rings. The topological polar surface area (TPSA) is 75.9 Å². The molecule has 1 fully saturated rings. The molecule has 1 aromatic heterocycles. The lowest BCUT2D eigenvalue weighted by Crippen LogP contribution is -2.45. The van der Waals surface area contributed by atoms with E-state index >= 15 is 0 Å². The number of nitrogens with one attached hydrogen (secondary N) is 1. The van der Waals surface area contributed by atoms with E-state index in [9.17, 15) is 4.79 Å². The van der Waals surface area contributed by atoms with Crippen molar-refractivity contribution < 1.29 is 4.79 Å². The number of hydrogen-bond donors (Lipinski definition) is 1. The van der Waals surface area contributed by atoms with Gasteiger partial charge in [-0.1, -0.05) is 13.0 Å². The molecular weight excluding hydrogens is 304 g/mol. The van der Waals surface area contributed by atoms with Crippen molar-refractivity contribution in [2.75, 3.05) is 19.6 Å². The quantitative estimate of drug-likeness (QED) is 0.900. The summed E-state index contributed by atoms with van der Waals surface area (Å²) < 4.78 is 1.54. The molecule has 7 nitrogen and oxygen atoms in total. The zero-order valence-electron chi connectivity index (χ0n) is 14.2. The summed E-state index contributed by atoms with van der Waals surface area (Å²) in [4.78, 5) is 14.9. The van der Waals surface area contributed by atoms with E-state index in [1.807, 2.05) is 12.1 Å². The molecule has 24 heavy (non-hydrogen) atoms. The Kier molecular flexibility index (Phi) is 5.20. The van der Waals surface area contributed by atoms with E-state index in [1.165, 1.54) is 23.9 Å². The van der Waals surface area contributed by atoms with E-state index < -0.39 is 0 Å². The molecule has 1 aromatic carbocycles. The van der Waals surface area contributed by atoms with Crippen LogP contribution in [0.5, 0.6) is 0 Å². The van der Waals surface area contributed by atoms with Crippen LogP contribution in [-0.2, 0) is 0 Å². The highest BCUT2D eigenvalue weighted by molar-refractivity contribution is 5.94. The second kappa shape index (κ2) is 7.53. The summed E-state index contributed by atoms with van der Waals surface area (Å²) in [6.45, 7) is 7.49. The van der Waals surface area contributed by atoms with Gasteiger partial charge in [-0.25, -0.2) is 4.68 Å². The van der Waals surface area contributed by atoms with Crippen molar-refractivity contribution in [2.45, 2.75) is 32.7 Å². The van der Waals surface area contributed by atoms with Crippen LogP contribution in [0.2, 0.25) is 0 Å². The summed E-state index contributed by atoms with van der Waals surface area (Å²) in [6, 6.07) is 7.41. The number of carbonyl (C=O) groups excluding carboxylic acids is 1. The minimum Gasteiger partial charge on any atom is -0.348 e. The molecule has 1 N–H and O–H groups in total. The lowest BCUT2D eigenvalue weighted by molar-refractivity contribution is 0.0920. The standard InChI is InChI=1S/C17H24N6O/c1-13-5-4-8-22(10-13)11-14(2)19-17(24)15-6-3-7-16(9-15)23-12-18-20-21-23/h3,6-7,9,12-14H,4-5,8,10-11H2,1-2H3,(H,19,24)/t13-,14-/m0/s1. The van der Waals surface area contributed by atoms with Crippen molar-refractivity contribution in [1.82, 2.24) is 30.4 Å². The summed E-state index contributed by atoms with van der Waals surface area (Å²) in [5, 5.41) is 14.2. The molecule has 2 atom stereocenters. The van der Waals surface area contributed by atoms with E-state index in [1.54, 1.807) is 12.1 Å². The maximum absolute atomic E-state index is 12.5. The summed E-state index contributed by atoms with van der Waals surface area (Å²) in [5.74, 6) is 0.678. The smallest absolute Gasteiger partial charge is 0.251 e. The molecule has 2 heterocycles. The lowest BCUT2D eigenvalue weighted by atomic mass is 10.00. The highest BCUT2D eigenvalue weighted by Crippen LogP contribution is 2.15. The van der Waals surface area contributed by atoms with E-state index in [-0.39, 0.29) is 11.9 Å². The van der Waals surface area contributed by atoms with Crippen LogP contribution in [0.1, 0.15) is 37.0 Å². The van der Waals surface area contributed by atoms with Gasteiger partial charge in [-0.05, 0) is 60.9 Å². The fourth-order valence-electron chi connectivity index (χ4n) is 3.26. The van der Waals surface area contributed by atoms with Crippen molar-refractivity contribution in [3.05, 3.63) is 36.2 Å². The summed E-state index contributed by atoms with van der Waals surface area (Å²) in [5.41, 5.74) is 1.38. The molecule has 7 heteroatoms. The van der Waals surface area contributed by atoms with Crippen molar-refractivity contribution >= 4 is 5.91 Å². The third-order valence-electron chi connectivity index (χ3n) is 4.37. The zero-order chi connectivity index (χ0) is 16.9. The number of aromatic nitrogens is 4. The van der Waals surface area contributed by atoms with Gasteiger partial charge in [0.2, 0.25) is 0 Å². The molecule has 0 spiro atoms. The Morgan fingerprint density at radius 3 is 3.08 bits per heavy atom. The molecule has 1 saturated heterocycles. The van der Waals surface area contributed by atoms with Gasteiger partial charge in [0.25, 0.3) is 5.91 Å². The number of carbonyl (C=O) groups is 1. The molecule has 1 amide bonds. The van der Waals surface area contributed by atoms with Crippen LogP contribution in [0.3, 0.4) is 0 Å². The number of tetrazole rings is 1. The van der Waals surface area contributed by atoms with E-state index in [2.05, 4.69) is 39.6 Å². The predicted molar refractivity (Wildman–Crippen MR) is 90.9 cm³/mol. The van der Waals surface area contributed by atoms with Gasteiger partial charge in [0.05, 0.1) is 5.69 Å². The van der Waals surface area contributed by atoms with Crippen LogP contribution in [-0.4, -0.2) is 56.7 Å². The Morgan fingerprint density at radius 1 is 1.46 bits per heavy atom. The normalized spacial score (nSPS) is 19.8. The second-order valence-corrected chi connectivity index (χ2v) is 6.69. The number of likely N-dealkylation sites (tertiary alicyclic amines) is 1. The Morgan fingerprint density at radius 2 is 2.33 bits per heavy atom. The Labute approximate surface area is 142 Å². The second-order valence-electron chi connectivity index (χ2n) is 6.69. The van der Waals surface area contributed by atoms with Gasteiger partial charge in [-0.15, -0.1) is 5.10 Å². The fraction of sp³-hybridized carbons (Fsp3) is 0.529. The summed E-state index contributed by atoms with van der Waals surface area (Å²) >= 11 is 0. The fourth-order valence-corrected chi connectivity index (χ4v) is 3.26. The average molecular weight is 328 g/mol. The van der Waals surface area contributed by atoms with Gasteiger partial charge in [-0.3, -0.25) is 4.79 Å². The molecule has 0 unspecified atom stereocenters. The molecule has 3 rings (SSSR count). The summed E-state index contributed by atoms with van der Waals surface area (Å²) in [6.07, 6.45) is 4.06. The van der Waals surface area contributed by atoms with E-state index in [0.717, 1.165) is 31.2 Å². The Bertz CT molecular complexity index is 671. The van der Waals surface area contributed by atoms with Crippen LogP contribution in [0.15, 0.2) is 30.6 Å². The third kappa shape index (κ3) is 4.17. The van der Waals surface area contributed by atoms with Crippen LogP contribution >= 0.6 is 0 Å². The largest absolute Gasteiger partial charge is 0.348 e.